The average Bonchev–Trinajstić information content (AvgIpc) is 2.98. The molecule has 0 radical (unpaired) electrons. The second-order valence-corrected chi connectivity index (χ2v) is 6.97. The van der Waals surface area contributed by atoms with Crippen molar-refractivity contribution in [2.24, 2.45) is 0 Å². The molecule has 1 N–H and O–H groups in total. The Kier molecular flexibility index (Phi) is 3.88. The Bertz CT molecular complexity index is 993. The van der Waals surface area contributed by atoms with Crippen molar-refractivity contribution < 1.29 is 13.2 Å². The van der Waals surface area contributed by atoms with Gasteiger partial charge in [-0.15, -0.1) is 11.3 Å². The SMILES string of the molecule is O=c1[nH]c(C(F)(F)F)nc2c1CN(Cc1csc3ccccc13)CC2. The van der Waals surface area contributed by atoms with Gasteiger partial charge in [0.1, 0.15) is 0 Å². The third-order valence-electron chi connectivity index (χ3n) is 4.37. The van der Waals surface area contributed by atoms with Gasteiger partial charge >= 0.3 is 6.18 Å². The van der Waals surface area contributed by atoms with Gasteiger partial charge in [-0.1, -0.05) is 18.2 Å². The van der Waals surface area contributed by atoms with E-state index in [9.17, 15) is 18.0 Å². The molecule has 1 aliphatic heterocycles. The summed E-state index contributed by atoms with van der Waals surface area (Å²) in [5.74, 6) is -1.21. The molecule has 4 nitrogen and oxygen atoms in total. The van der Waals surface area contributed by atoms with Crippen LogP contribution < -0.4 is 5.56 Å². The maximum absolute atomic E-state index is 12.8. The first kappa shape index (κ1) is 16.3. The molecule has 0 bridgehead atoms. The number of aromatic amines is 1. The van der Waals surface area contributed by atoms with Gasteiger partial charge in [0.15, 0.2) is 0 Å². The largest absolute Gasteiger partial charge is 0.449 e. The highest BCUT2D eigenvalue weighted by Crippen LogP contribution is 2.29. The minimum absolute atomic E-state index is 0.252. The van der Waals surface area contributed by atoms with Gasteiger partial charge in [-0.25, -0.2) is 4.98 Å². The van der Waals surface area contributed by atoms with Crippen LogP contribution in [0.25, 0.3) is 10.1 Å². The summed E-state index contributed by atoms with van der Waals surface area (Å²) in [6, 6.07) is 8.09. The first-order chi connectivity index (χ1) is 11.9. The van der Waals surface area contributed by atoms with Crippen molar-refractivity contribution in [1.82, 2.24) is 14.9 Å². The third kappa shape index (κ3) is 3.07. The predicted molar refractivity (Wildman–Crippen MR) is 89.5 cm³/mol. The topological polar surface area (TPSA) is 49.0 Å². The maximum Gasteiger partial charge on any atom is 0.449 e. The fourth-order valence-electron chi connectivity index (χ4n) is 3.15. The summed E-state index contributed by atoms with van der Waals surface area (Å²) < 4.78 is 39.5. The molecular weight excluding hydrogens is 351 g/mol. The number of fused-ring (bicyclic) bond motifs is 2. The first-order valence-electron chi connectivity index (χ1n) is 7.78. The van der Waals surface area contributed by atoms with E-state index in [-0.39, 0.29) is 5.69 Å². The lowest BCUT2D eigenvalue weighted by Gasteiger charge is -2.27. The number of rotatable bonds is 2. The molecule has 8 heteroatoms. The van der Waals surface area contributed by atoms with Crippen LogP contribution >= 0.6 is 11.3 Å². The van der Waals surface area contributed by atoms with Gasteiger partial charge in [-0.3, -0.25) is 9.69 Å². The Morgan fingerprint density at radius 1 is 1.28 bits per heavy atom. The van der Waals surface area contributed by atoms with Crippen molar-refractivity contribution in [3.8, 4) is 0 Å². The van der Waals surface area contributed by atoms with Gasteiger partial charge in [0.2, 0.25) is 5.82 Å². The lowest BCUT2D eigenvalue weighted by Crippen LogP contribution is -2.36. The minimum atomic E-state index is -4.64. The van der Waals surface area contributed by atoms with E-state index in [2.05, 4.69) is 27.4 Å². The van der Waals surface area contributed by atoms with Crippen LogP contribution in [0.2, 0.25) is 0 Å². The van der Waals surface area contributed by atoms with Gasteiger partial charge in [0.25, 0.3) is 5.56 Å². The van der Waals surface area contributed by atoms with Crippen LogP contribution in [0.5, 0.6) is 0 Å². The number of H-pyrrole nitrogens is 1. The predicted octanol–water partition coefficient (Wildman–Crippen LogP) is 3.56. The second-order valence-electron chi connectivity index (χ2n) is 6.06. The monoisotopic (exact) mass is 365 g/mol. The molecule has 0 atom stereocenters. The van der Waals surface area contributed by atoms with Gasteiger partial charge in [-0.2, -0.15) is 13.2 Å². The molecule has 3 heterocycles. The summed E-state index contributed by atoms with van der Waals surface area (Å²) in [6.07, 6.45) is -4.30. The molecule has 130 valence electrons. The molecule has 25 heavy (non-hydrogen) atoms. The maximum atomic E-state index is 12.8. The van der Waals surface area contributed by atoms with Crippen molar-refractivity contribution in [2.75, 3.05) is 6.54 Å². The number of nitrogens with zero attached hydrogens (tertiary/aromatic N) is 2. The molecule has 1 aromatic carbocycles. The first-order valence-corrected chi connectivity index (χ1v) is 8.66. The molecule has 4 rings (SSSR count). The molecular formula is C17H14F3N3OS. The summed E-state index contributed by atoms with van der Waals surface area (Å²) in [5, 5.41) is 3.27. The fraction of sp³-hybridized carbons (Fsp3) is 0.294. The van der Waals surface area contributed by atoms with Crippen LogP contribution in [0.4, 0.5) is 13.2 Å². The standard InChI is InChI=1S/C17H14F3N3OS/c18-17(19,20)16-21-13-5-6-23(8-12(13)15(24)22-16)7-10-9-25-14-4-2-1-3-11(10)14/h1-4,9H,5-8H2,(H,21,22,24). The van der Waals surface area contributed by atoms with E-state index in [0.717, 1.165) is 0 Å². The lowest BCUT2D eigenvalue weighted by atomic mass is 10.1. The van der Waals surface area contributed by atoms with E-state index in [4.69, 9.17) is 0 Å². The van der Waals surface area contributed by atoms with E-state index in [1.165, 1.54) is 15.6 Å². The smallest absolute Gasteiger partial charge is 0.303 e. The second kappa shape index (κ2) is 5.96. The Balaban J connectivity index is 1.60. The van der Waals surface area contributed by atoms with Crippen LogP contribution in [0.3, 0.4) is 0 Å². The van der Waals surface area contributed by atoms with Crippen molar-refractivity contribution in [3.63, 3.8) is 0 Å². The molecule has 2 aromatic heterocycles. The quantitative estimate of drug-likeness (QED) is 0.755. The zero-order chi connectivity index (χ0) is 17.6. The van der Waals surface area contributed by atoms with E-state index in [1.54, 1.807) is 11.3 Å². The van der Waals surface area contributed by atoms with E-state index < -0.39 is 17.6 Å². The molecule has 0 fully saturated rings. The van der Waals surface area contributed by atoms with Crippen LogP contribution in [-0.2, 0) is 25.7 Å². The highest BCUT2D eigenvalue weighted by atomic mass is 32.1. The Labute approximate surface area is 144 Å². The number of aromatic nitrogens is 2. The zero-order valence-electron chi connectivity index (χ0n) is 13.1. The molecule has 3 aromatic rings. The third-order valence-corrected chi connectivity index (χ3v) is 5.38. The van der Waals surface area contributed by atoms with Gasteiger partial charge < -0.3 is 4.98 Å². The highest BCUT2D eigenvalue weighted by Gasteiger charge is 2.35. The molecule has 0 spiro atoms. The molecule has 0 aliphatic carbocycles. The molecule has 0 saturated heterocycles. The van der Waals surface area contributed by atoms with Crippen molar-refractivity contribution in [2.45, 2.75) is 25.7 Å². The number of halogens is 3. The molecule has 0 amide bonds. The van der Waals surface area contributed by atoms with Gasteiger partial charge in [0, 0.05) is 30.8 Å². The van der Waals surface area contributed by atoms with Crippen molar-refractivity contribution >= 4 is 21.4 Å². The number of thiophene rings is 1. The summed E-state index contributed by atoms with van der Waals surface area (Å²) in [6.45, 7) is 1.54. The molecule has 0 saturated carbocycles. The summed E-state index contributed by atoms with van der Waals surface area (Å²) in [4.78, 5) is 19.6. The summed E-state index contributed by atoms with van der Waals surface area (Å²) >= 11 is 1.66. The van der Waals surface area contributed by atoms with Crippen LogP contribution in [0.15, 0.2) is 34.4 Å². The highest BCUT2D eigenvalue weighted by molar-refractivity contribution is 7.17. The Hall–Kier alpha value is -2.19. The number of alkyl halides is 3. The van der Waals surface area contributed by atoms with Gasteiger partial charge in [0.05, 0.1) is 11.3 Å². The number of nitrogens with one attached hydrogen (secondary N) is 1. The molecule has 0 unspecified atom stereocenters. The van der Waals surface area contributed by atoms with Gasteiger partial charge in [-0.05, 0) is 22.4 Å². The summed E-state index contributed by atoms with van der Waals surface area (Å²) in [5.41, 5.74) is 1.05. The van der Waals surface area contributed by atoms with E-state index in [1.807, 2.05) is 17.1 Å². The number of benzene rings is 1. The van der Waals surface area contributed by atoms with Crippen molar-refractivity contribution in [3.05, 3.63) is 62.6 Å². The molecule has 1 aliphatic rings. The fourth-order valence-corrected chi connectivity index (χ4v) is 4.10. The minimum Gasteiger partial charge on any atom is -0.303 e. The number of hydrogen-bond donors (Lipinski definition) is 1. The summed E-state index contributed by atoms with van der Waals surface area (Å²) in [7, 11) is 0. The van der Waals surface area contributed by atoms with Crippen LogP contribution in [0.1, 0.15) is 22.6 Å². The Morgan fingerprint density at radius 2 is 2.08 bits per heavy atom. The normalized spacial score (nSPS) is 15.5. The average molecular weight is 365 g/mol. The van der Waals surface area contributed by atoms with E-state index in [0.29, 0.717) is 31.6 Å². The Morgan fingerprint density at radius 3 is 2.88 bits per heavy atom. The van der Waals surface area contributed by atoms with Crippen LogP contribution in [-0.4, -0.2) is 21.4 Å². The lowest BCUT2D eigenvalue weighted by molar-refractivity contribution is -0.145. The van der Waals surface area contributed by atoms with Crippen molar-refractivity contribution in [1.29, 1.82) is 0 Å². The number of hydrogen-bond acceptors (Lipinski definition) is 4. The van der Waals surface area contributed by atoms with E-state index >= 15 is 0 Å². The zero-order valence-corrected chi connectivity index (χ0v) is 13.9. The van der Waals surface area contributed by atoms with Crippen LogP contribution in [0, 0.1) is 0 Å².